The summed E-state index contributed by atoms with van der Waals surface area (Å²) in [5, 5.41) is 10.6. The molecule has 2 N–H and O–H groups in total. The molecule has 4 atom stereocenters. The molecule has 13 heteroatoms. The average molecular weight is 589 g/mol. The fraction of sp³-hybridized carbons (Fsp3) is 0.519. The predicted molar refractivity (Wildman–Crippen MR) is 155 cm³/mol. The van der Waals surface area contributed by atoms with Gasteiger partial charge in [0.25, 0.3) is 6.01 Å². The summed E-state index contributed by atoms with van der Waals surface area (Å²) in [6.45, 7) is 6.45. The van der Waals surface area contributed by atoms with Crippen molar-refractivity contribution in [1.82, 2.24) is 15.0 Å². The molecule has 6 rings (SSSR count). The summed E-state index contributed by atoms with van der Waals surface area (Å²) in [7, 11) is -2.04. The molecule has 3 aliphatic rings. The van der Waals surface area contributed by atoms with Crippen molar-refractivity contribution < 1.29 is 23.5 Å². The van der Waals surface area contributed by atoms with Crippen LogP contribution < -0.4 is 9.64 Å². The molecular weight excluding hydrogens is 556 g/mol. The highest BCUT2D eigenvalue weighted by molar-refractivity contribution is 7.92. The average Bonchev–Trinajstić information content (AvgIpc) is 3.60. The Morgan fingerprint density at radius 3 is 2.70 bits per heavy atom. The highest BCUT2D eigenvalue weighted by Crippen LogP contribution is 2.40. The monoisotopic (exact) mass is 588 g/mol. The number of piperidine rings is 1. The molecule has 3 saturated heterocycles. The molecule has 3 fully saturated rings. The van der Waals surface area contributed by atoms with E-state index in [1.165, 1.54) is 0 Å². The van der Waals surface area contributed by atoms with Crippen LogP contribution in [0.15, 0.2) is 39.7 Å². The number of anilines is 1. The van der Waals surface area contributed by atoms with E-state index in [0.717, 1.165) is 37.2 Å². The number of aliphatic hydroxyl groups is 1. The molecule has 3 aliphatic heterocycles. The van der Waals surface area contributed by atoms with Crippen LogP contribution in [0.2, 0.25) is 5.02 Å². The highest BCUT2D eigenvalue weighted by atomic mass is 35.5. The summed E-state index contributed by atoms with van der Waals surface area (Å²) in [6.07, 6.45) is 3.37. The molecule has 214 valence electrons. The van der Waals surface area contributed by atoms with Crippen molar-refractivity contribution in [2.75, 3.05) is 50.3 Å². The quantitative estimate of drug-likeness (QED) is 0.402. The van der Waals surface area contributed by atoms with Gasteiger partial charge in [0.1, 0.15) is 12.2 Å². The van der Waals surface area contributed by atoms with Gasteiger partial charge in [0.2, 0.25) is 5.72 Å². The molecule has 0 saturated carbocycles. The second-order valence-corrected chi connectivity index (χ2v) is 13.9. The number of nitrogens with zero attached hydrogens (tertiary/aromatic N) is 5. The smallest absolute Gasteiger partial charge is 0.296 e. The Bertz CT molecular complexity index is 1520. The molecule has 0 unspecified atom stereocenters. The van der Waals surface area contributed by atoms with Gasteiger partial charge in [0, 0.05) is 46.6 Å². The zero-order valence-corrected chi connectivity index (χ0v) is 24.0. The lowest BCUT2D eigenvalue weighted by Gasteiger charge is -2.33. The van der Waals surface area contributed by atoms with E-state index in [2.05, 4.69) is 43.1 Å². The molecule has 3 aromatic rings. The number of aromatic amines is 1. The number of aliphatic imine (C=N–C) groups is 1. The van der Waals surface area contributed by atoms with Gasteiger partial charge in [-0.1, -0.05) is 23.7 Å². The fourth-order valence-corrected chi connectivity index (χ4v) is 6.44. The van der Waals surface area contributed by atoms with Crippen LogP contribution in [0.3, 0.4) is 0 Å². The first-order chi connectivity index (χ1) is 19.1. The fourth-order valence-electron chi connectivity index (χ4n) is 5.61. The van der Waals surface area contributed by atoms with Gasteiger partial charge in [-0.2, -0.15) is 4.98 Å². The van der Waals surface area contributed by atoms with Crippen LogP contribution in [0.4, 0.5) is 5.69 Å². The van der Waals surface area contributed by atoms with Crippen LogP contribution in [-0.2, 0) is 19.2 Å². The number of aliphatic hydroxyl groups excluding tert-OH is 1. The van der Waals surface area contributed by atoms with Gasteiger partial charge in [-0.3, -0.25) is 9.20 Å². The third kappa shape index (κ3) is 5.18. The first kappa shape index (κ1) is 27.4. The van der Waals surface area contributed by atoms with E-state index in [-0.39, 0.29) is 19.2 Å². The molecule has 0 aliphatic carbocycles. The topological polar surface area (TPSA) is 135 Å². The molecular formula is C27H33ClN6O5S. The zero-order chi connectivity index (χ0) is 28.1. The number of rotatable bonds is 7. The molecule has 1 aromatic carbocycles. The first-order valence-corrected chi connectivity index (χ1v) is 16.0. The maximum atomic E-state index is 11.9. The second-order valence-electron chi connectivity index (χ2n) is 10.9. The van der Waals surface area contributed by atoms with Crippen LogP contribution in [-0.4, -0.2) is 100 Å². The number of benzene rings is 1. The van der Waals surface area contributed by atoms with Crippen molar-refractivity contribution in [3.8, 4) is 17.3 Å². The number of pyridine rings is 1. The molecule has 0 radical (unpaired) electrons. The minimum atomic E-state index is -2.04. The Morgan fingerprint density at radius 1 is 1.25 bits per heavy atom. The summed E-state index contributed by atoms with van der Waals surface area (Å²) in [6, 6.07) is 10.2. The molecule has 40 heavy (non-hydrogen) atoms. The van der Waals surface area contributed by atoms with Crippen molar-refractivity contribution >= 4 is 44.9 Å². The summed E-state index contributed by atoms with van der Waals surface area (Å²) in [5.74, 6) is 0.479. The number of halogens is 1. The van der Waals surface area contributed by atoms with E-state index in [1.54, 1.807) is 18.6 Å². The minimum Gasteiger partial charge on any atom is -0.454 e. The lowest BCUT2D eigenvalue weighted by molar-refractivity contribution is -0.0618. The lowest BCUT2D eigenvalue weighted by atomic mass is 9.96. The van der Waals surface area contributed by atoms with E-state index < -0.39 is 33.8 Å². The lowest BCUT2D eigenvalue weighted by Crippen LogP contribution is -2.47. The van der Waals surface area contributed by atoms with E-state index in [4.69, 9.17) is 30.8 Å². The van der Waals surface area contributed by atoms with Gasteiger partial charge in [-0.15, -0.1) is 0 Å². The van der Waals surface area contributed by atoms with Crippen molar-refractivity contribution in [3.63, 3.8) is 0 Å². The number of ether oxygens (including phenoxy) is 3. The van der Waals surface area contributed by atoms with Gasteiger partial charge in [-0.05, 0) is 43.7 Å². The molecule has 11 nitrogen and oxygen atoms in total. The Hall–Kier alpha value is -2.77. The summed E-state index contributed by atoms with van der Waals surface area (Å²) >= 11 is 6.64. The van der Waals surface area contributed by atoms with Crippen molar-refractivity contribution in [2.45, 2.75) is 36.9 Å². The maximum Gasteiger partial charge on any atom is 0.296 e. The van der Waals surface area contributed by atoms with Gasteiger partial charge in [0.05, 0.1) is 36.0 Å². The van der Waals surface area contributed by atoms with Crippen molar-refractivity contribution in [3.05, 3.63) is 35.4 Å². The first-order valence-electron chi connectivity index (χ1n) is 13.3. The van der Waals surface area contributed by atoms with Gasteiger partial charge in [0.15, 0.2) is 11.8 Å². The second kappa shape index (κ2) is 10.6. The standard InChI is InChI=1S/C27H33ClN6O5S/c1-29-27-22(15-37-24(27)21(35)14-38-27)39-26-31-20-12-19(28)23(32-25(20)33-26)17-4-6-18(7-5-17)34-10-8-16(9-11-34)13-30-40(2,3)36/h4-7,12,16,21-22,24,35H,1,8-11,13-15H2,2-3H3,(H,31,32,33)/t21-,22-,24-,27-/m1/s1. The van der Waals surface area contributed by atoms with Gasteiger partial charge >= 0.3 is 0 Å². The van der Waals surface area contributed by atoms with Crippen LogP contribution in [0.25, 0.3) is 22.4 Å². The molecule has 5 heterocycles. The molecule has 0 amide bonds. The molecule has 0 spiro atoms. The van der Waals surface area contributed by atoms with E-state index >= 15 is 0 Å². The third-order valence-corrected chi connectivity index (χ3v) is 8.86. The number of H-pyrrole nitrogens is 1. The van der Waals surface area contributed by atoms with E-state index in [0.29, 0.717) is 34.3 Å². The Labute approximate surface area is 238 Å². The summed E-state index contributed by atoms with van der Waals surface area (Å²) in [4.78, 5) is 18.8. The van der Waals surface area contributed by atoms with Crippen molar-refractivity contribution in [1.29, 1.82) is 0 Å². The Balaban J connectivity index is 1.15. The third-order valence-electron chi connectivity index (χ3n) is 7.80. The zero-order valence-electron chi connectivity index (χ0n) is 22.5. The number of fused-ring (bicyclic) bond motifs is 2. The Morgan fingerprint density at radius 2 is 2.00 bits per heavy atom. The van der Waals surface area contributed by atoms with Crippen molar-refractivity contribution in [2.24, 2.45) is 15.3 Å². The van der Waals surface area contributed by atoms with Crippen LogP contribution in [0.1, 0.15) is 12.8 Å². The predicted octanol–water partition coefficient (Wildman–Crippen LogP) is 3.16. The minimum absolute atomic E-state index is 0.0965. The van der Waals surface area contributed by atoms with Crippen LogP contribution in [0, 0.1) is 5.92 Å². The number of aromatic nitrogens is 3. The van der Waals surface area contributed by atoms with E-state index in [1.807, 2.05) is 12.1 Å². The maximum absolute atomic E-state index is 11.9. The van der Waals surface area contributed by atoms with Gasteiger partial charge in [-0.25, -0.2) is 9.35 Å². The van der Waals surface area contributed by atoms with Crippen LogP contribution in [0.5, 0.6) is 6.01 Å². The highest BCUT2D eigenvalue weighted by Gasteiger charge is 2.61. The number of imidazole rings is 1. The molecule has 2 aromatic heterocycles. The summed E-state index contributed by atoms with van der Waals surface area (Å²) < 4.78 is 33.7. The number of hydrogen-bond acceptors (Lipinski definition) is 10. The van der Waals surface area contributed by atoms with Crippen LogP contribution >= 0.6 is 11.6 Å². The normalized spacial score (nSPS) is 27.2. The Kier molecular flexibility index (Phi) is 7.24. The van der Waals surface area contributed by atoms with E-state index in [9.17, 15) is 9.32 Å². The number of hydrogen-bond donors (Lipinski definition) is 2. The number of nitrogens with one attached hydrogen (secondary N) is 1. The molecule has 0 bridgehead atoms. The largest absolute Gasteiger partial charge is 0.454 e. The summed E-state index contributed by atoms with van der Waals surface area (Å²) in [5.41, 5.74) is 2.54. The van der Waals surface area contributed by atoms with Gasteiger partial charge < -0.3 is 29.2 Å². The SMILES string of the molecule is C=N[C@]12OC[C@@H](O)[C@H]1OC[C@H]2Oc1nc2nc(-c3ccc(N4CCC(CN=S(C)(C)=O)CC4)cc3)c(Cl)cc2[nH]1.